The largest absolute Gasteiger partial charge is 0.444 e. The zero-order valence-electron chi connectivity index (χ0n) is 17.8. The van der Waals surface area contributed by atoms with E-state index in [1.807, 2.05) is 0 Å². The number of halogens is 2. The number of hydrogen-bond acceptors (Lipinski definition) is 7. The lowest BCUT2D eigenvalue weighted by Gasteiger charge is -2.33. The van der Waals surface area contributed by atoms with Crippen molar-refractivity contribution in [1.29, 1.82) is 0 Å². The first-order valence-corrected chi connectivity index (χ1v) is 11.0. The van der Waals surface area contributed by atoms with Gasteiger partial charge in [-0.25, -0.2) is 4.39 Å². The number of aromatic amines is 1. The van der Waals surface area contributed by atoms with Gasteiger partial charge in [0.25, 0.3) is 17.6 Å². The van der Waals surface area contributed by atoms with Crippen LogP contribution in [0.2, 0.25) is 0 Å². The van der Waals surface area contributed by atoms with Crippen molar-refractivity contribution < 1.29 is 23.2 Å². The second kappa shape index (κ2) is 8.48. The monoisotopic (exact) mass is 529 g/mol. The Balaban J connectivity index is 1.34. The highest BCUT2D eigenvalue weighted by molar-refractivity contribution is 9.10. The van der Waals surface area contributed by atoms with Crippen LogP contribution in [0.15, 0.2) is 39.5 Å². The molecule has 5 rings (SSSR count). The zero-order valence-corrected chi connectivity index (χ0v) is 19.4. The van der Waals surface area contributed by atoms with Gasteiger partial charge in [0.05, 0.1) is 18.1 Å². The molecule has 0 aliphatic carbocycles. The first-order chi connectivity index (χ1) is 16.3. The number of carbonyl (C=O) groups excluding carboxylic acids is 3. The molecule has 0 unspecified atom stereocenters. The van der Waals surface area contributed by atoms with Crippen molar-refractivity contribution in [3.05, 3.63) is 52.3 Å². The maximum absolute atomic E-state index is 14.7. The Morgan fingerprint density at radius 1 is 1.09 bits per heavy atom. The van der Waals surface area contributed by atoms with Gasteiger partial charge < -0.3 is 19.2 Å². The molecule has 4 heterocycles. The van der Waals surface area contributed by atoms with E-state index in [4.69, 9.17) is 4.42 Å². The third-order valence-corrected chi connectivity index (χ3v) is 6.04. The van der Waals surface area contributed by atoms with Crippen molar-refractivity contribution in [3.63, 3.8) is 0 Å². The van der Waals surface area contributed by atoms with Crippen LogP contribution in [0.3, 0.4) is 0 Å². The van der Waals surface area contributed by atoms with Gasteiger partial charge >= 0.3 is 0 Å². The predicted octanol–water partition coefficient (Wildman–Crippen LogP) is 2.02. The number of rotatable bonds is 4. The van der Waals surface area contributed by atoms with Gasteiger partial charge in [0.1, 0.15) is 5.82 Å². The number of fused-ring (bicyclic) bond motifs is 1. The van der Waals surface area contributed by atoms with Crippen LogP contribution in [0.5, 0.6) is 0 Å². The Kier molecular flexibility index (Phi) is 5.48. The molecular formula is C21H17BrFN7O4. The lowest BCUT2D eigenvalue weighted by Crippen LogP contribution is -2.52. The van der Waals surface area contributed by atoms with E-state index in [0.717, 1.165) is 0 Å². The third-order valence-electron chi connectivity index (χ3n) is 5.61. The van der Waals surface area contributed by atoms with E-state index in [1.54, 1.807) is 24.1 Å². The summed E-state index contributed by atoms with van der Waals surface area (Å²) in [4.78, 5) is 45.5. The van der Waals surface area contributed by atoms with E-state index in [1.165, 1.54) is 28.0 Å². The van der Waals surface area contributed by atoms with Crippen LogP contribution < -0.4 is 0 Å². The second-order valence-corrected chi connectivity index (χ2v) is 8.45. The summed E-state index contributed by atoms with van der Waals surface area (Å²) in [5, 5.41) is 11.8. The first-order valence-electron chi connectivity index (χ1n) is 10.3. The summed E-state index contributed by atoms with van der Waals surface area (Å²) in [6.07, 6.45) is 1.31. The van der Waals surface area contributed by atoms with E-state index in [9.17, 15) is 18.8 Å². The summed E-state index contributed by atoms with van der Waals surface area (Å²) in [5.41, 5.74) is 0.666. The van der Waals surface area contributed by atoms with E-state index < -0.39 is 17.5 Å². The Morgan fingerprint density at radius 3 is 2.47 bits per heavy atom. The number of piperazine rings is 1. The molecule has 1 aliphatic rings. The van der Waals surface area contributed by atoms with Gasteiger partial charge in [-0.05, 0) is 45.4 Å². The lowest BCUT2D eigenvalue weighted by molar-refractivity contribution is -0.127. The van der Waals surface area contributed by atoms with Crippen molar-refractivity contribution in [1.82, 2.24) is 35.0 Å². The molecule has 2 amide bonds. The molecule has 0 bridgehead atoms. The lowest BCUT2D eigenvalue weighted by atomic mass is 10.0. The molecular weight excluding hydrogens is 513 g/mol. The summed E-state index contributed by atoms with van der Waals surface area (Å²) in [6.45, 7) is 0.803. The minimum Gasteiger partial charge on any atom is -0.444 e. The Hall–Kier alpha value is -3.87. The molecule has 174 valence electrons. The standard InChI is InChI=1S/C21H17BrFN7O4/c1-28-26-19(25-27-28)11-2-3-13(23)16-12(10-24-17(11)16)18(31)21(33)30-8-6-29(7-9-30)20(32)14-4-5-15(22)34-14/h2-5,10,24H,6-9H2,1H3. The smallest absolute Gasteiger partial charge is 0.295 e. The highest BCUT2D eigenvalue weighted by atomic mass is 79.9. The third kappa shape index (κ3) is 3.77. The minimum atomic E-state index is -0.843. The predicted molar refractivity (Wildman–Crippen MR) is 119 cm³/mol. The van der Waals surface area contributed by atoms with Crippen LogP contribution in [0.25, 0.3) is 22.3 Å². The number of hydrogen-bond donors (Lipinski definition) is 1. The fraction of sp³-hybridized carbons (Fsp3) is 0.238. The Labute approximate surface area is 199 Å². The van der Waals surface area contributed by atoms with Crippen molar-refractivity contribution >= 4 is 44.4 Å². The molecule has 0 saturated carbocycles. The van der Waals surface area contributed by atoms with Gasteiger partial charge in [-0.15, -0.1) is 10.2 Å². The molecule has 1 saturated heterocycles. The van der Waals surface area contributed by atoms with Crippen molar-refractivity contribution in [3.8, 4) is 11.4 Å². The van der Waals surface area contributed by atoms with E-state index >= 15 is 0 Å². The molecule has 34 heavy (non-hydrogen) atoms. The second-order valence-electron chi connectivity index (χ2n) is 7.67. The SMILES string of the molecule is Cn1nnc(-c2ccc(F)c3c(C(=O)C(=O)N4CCN(C(=O)c5ccc(Br)o5)CC4)c[nH]c23)n1. The molecule has 4 aromatic rings. The number of aromatic nitrogens is 5. The first kappa shape index (κ1) is 21.9. The van der Waals surface area contributed by atoms with Gasteiger partial charge in [-0.1, -0.05) is 0 Å². The quantitative estimate of drug-likeness (QED) is 0.316. The molecule has 13 heteroatoms. The summed E-state index contributed by atoms with van der Waals surface area (Å²) >= 11 is 3.16. The van der Waals surface area contributed by atoms with Crippen LogP contribution in [0.4, 0.5) is 4.39 Å². The van der Waals surface area contributed by atoms with Gasteiger partial charge in [0.15, 0.2) is 10.4 Å². The van der Waals surface area contributed by atoms with Crippen LogP contribution in [0, 0.1) is 5.82 Å². The number of nitrogens with zero attached hydrogens (tertiary/aromatic N) is 6. The molecule has 11 nitrogen and oxygen atoms in total. The van der Waals surface area contributed by atoms with Crippen LogP contribution in [-0.2, 0) is 11.8 Å². The average molecular weight is 530 g/mol. The molecule has 1 aromatic carbocycles. The molecule has 0 atom stereocenters. The summed E-state index contributed by atoms with van der Waals surface area (Å²) in [6, 6.07) is 5.86. The topological polar surface area (TPSA) is 130 Å². The molecule has 3 aromatic heterocycles. The van der Waals surface area contributed by atoms with E-state index in [-0.39, 0.29) is 54.6 Å². The van der Waals surface area contributed by atoms with Gasteiger partial charge in [-0.2, -0.15) is 4.80 Å². The van der Waals surface area contributed by atoms with Crippen molar-refractivity contribution in [2.75, 3.05) is 26.2 Å². The Morgan fingerprint density at radius 2 is 1.82 bits per heavy atom. The number of carbonyl (C=O) groups is 3. The number of aryl methyl sites for hydroxylation is 1. The fourth-order valence-electron chi connectivity index (χ4n) is 3.92. The molecule has 0 radical (unpaired) electrons. The normalized spacial score (nSPS) is 14.1. The van der Waals surface area contributed by atoms with Crippen LogP contribution >= 0.6 is 15.9 Å². The highest BCUT2D eigenvalue weighted by Crippen LogP contribution is 2.30. The number of amides is 2. The number of ketones is 1. The summed E-state index contributed by atoms with van der Waals surface area (Å²) < 4.78 is 20.5. The van der Waals surface area contributed by atoms with E-state index in [2.05, 4.69) is 36.3 Å². The molecule has 1 aliphatic heterocycles. The molecule has 0 spiro atoms. The minimum absolute atomic E-state index is 0.0134. The van der Waals surface area contributed by atoms with E-state index in [0.29, 0.717) is 15.7 Å². The summed E-state index contributed by atoms with van der Waals surface area (Å²) in [7, 11) is 1.60. The van der Waals surface area contributed by atoms with Gasteiger partial charge in [-0.3, -0.25) is 14.4 Å². The molecule has 1 fully saturated rings. The number of tetrazole rings is 1. The fourth-order valence-corrected chi connectivity index (χ4v) is 4.23. The van der Waals surface area contributed by atoms with Crippen molar-refractivity contribution in [2.45, 2.75) is 0 Å². The summed E-state index contributed by atoms with van der Waals surface area (Å²) in [5.74, 6) is -2.12. The number of furan rings is 1. The van der Waals surface area contributed by atoms with Gasteiger partial charge in [0.2, 0.25) is 5.82 Å². The number of Topliss-reactive ketones (excluding diaryl/α,β-unsaturated/α-hetero) is 1. The number of H-pyrrole nitrogens is 1. The maximum atomic E-state index is 14.7. The zero-order chi connectivity index (χ0) is 24.0. The van der Waals surface area contributed by atoms with Crippen LogP contribution in [-0.4, -0.2) is 78.8 Å². The maximum Gasteiger partial charge on any atom is 0.295 e. The average Bonchev–Trinajstić information content (AvgIpc) is 3.58. The number of nitrogens with one attached hydrogen (secondary N) is 1. The molecule has 1 N–H and O–H groups in total. The Bertz CT molecular complexity index is 1430. The van der Waals surface area contributed by atoms with Gasteiger partial charge in [0, 0.05) is 43.3 Å². The van der Waals surface area contributed by atoms with Crippen molar-refractivity contribution in [2.24, 2.45) is 7.05 Å². The van der Waals surface area contributed by atoms with Crippen LogP contribution in [0.1, 0.15) is 20.9 Å². The number of benzene rings is 1. The highest BCUT2D eigenvalue weighted by Gasteiger charge is 2.31.